The summed E-state index contributed by atoms with van der Waals surface area (Å²) in [6.45, 7) is 0. The van der Waals surface area contributed by atoms with E-state index in [2.05, 4.69) is 111 Å². The summed E-state index contributed by atoms with van der Waals surface area (Å²) in [5.74, 6) is 1.86. The van der Waals surface area contributed by atoms with Gasteiger partial charge >= 0.3 is 0 Å². The molecule has 4 aromatic heterocycles. The van der Waals surface area contributed by atoms with Gasteiger partial charge in [0, 0.05) is 65.8 Å². The molecule has 0 spiro atoms. The third-order valence-corrected chi connectivity index (χ3v) is 7.96. The summed E-state index contributed by atoms with van der Waals surface area (Å²) in [6, 6.07) is 36.3. The molecule has 0 amide bonds. The maximum Gasteiger partial charge on any atom is 0.140 e. The van der Waals surface area contributed by atoms with Gasteiger partial charge in [0.1, 0.15) is 11.6 Å². The third-order valence-electron chi connectivity index (χ3n) is 7.96. The van der Waals surface area contributed by atoms with Crippen molar-refractivity contribution in [1.82, 2.24) is 28.7 Å². The Balaban J connectivity index is 1.32. The molecule has 4 heterocycles. The van der Waals surface area contributed by atoms with Gasteiger partial charge in [0.2, 0.25) is 0 Å². The van der Waals surface area contributed by atoms with Gasteiger partial charge in [0.05, 0.1) is 27.8 Å². The fraction of sp³-hybridized carbons (Fsp3) is 0.0571. The Morgan fingerprint density at radius 1 is 0.561 bits per heavy atom. The van der Waals surface area contributed by atoms with Crippen LogP contribution < -0.4 is 0 Å². The molecule has 6 heteroatoms. The SMILES string of the molecule is Cn1ccnc1-c1ccc2c(c1)nc(-c1ccc3c4ccccc4n(-c4cccc(-c5ccccn5)c4)c3c1)n2C. The highest BCUT2D eigenvalue weighted by atomic mass is 15.1. The number of rotatable bonds is 4. The lowest BCUT2D eigenvalue weighted by molar-refractivity contribution is 0.925. The van der Waals surface area contributed by atoms with Crippen molar-refractivity contribution in [2.45, 2.75) is 0 Å². The van der Waals surface area contributed by atoms with Crippen LogP contribution >= 0.6 is 0 Å². The Morgan fingerprint density at radius 3 is 2.24 bits per heavy atom. The first kappa shape index (κ1) is 23.4. The Kier molecular flexibility index (Phi) is 5.15. The van der Waals surface area contributed by atoms with E-state index in [0.717, 1.165) is 56.3 Å². The van der Waals surface area contributed by atoms with Crippen LogP contribution in [0.2, 0.25) is 0 Å². The molecule has 0 N–H and O–H groups in total. The van der Waals surface area contributed by atoms with Crippen LogP contribution in [-0.2, 0) is 14.1 Å². The molecule has 0 radical (unpaired) electrons. The summed E-state index contributed by atoms with van der Waals surface area (Å²) in [5.41, 5.74) is 9.61. The van der Waals surface area contributed by atoms with Gasteiger partial charge in [0.15, 0.2) is 0 Å². The minimum atomic E-state index is 0.929. The summed E-state index contributed by atoms with van der Waals surface area (Å²) in [4.78, 5) is 14.2. The first-order chi connectivity index (χ1) is 20.2. The number of aromatic nitrogens is 6. The van der Waals surface area contributed by atoms with Gasteiger partial charge in [0.25, 0.3) is 0 Å². The van der Waals surface area contributed by atoms with Gasteiger partial charge in [-0.1, -0.05) is 48.5 Å². The highest BCUT2D eigenvalue weighted by molar-refractivity contribution is 6.10. The number of aryl methyl sites for hydroxylation is 2. The molecule has 0 atom stereocenters. The zero-order valence-electron chi connectivity index (χ0n) is 22.7. The van der Waals surface area contributed by atoms with Gasteiger partial charge in [-0.15, -0.1) is 0 Å². The highest BCUT2D eigenvalue weighted by Crippen LogP contribution is 2.36. The molecule has 4 aromatic carbocycles. The molecular weight excluding hydrogens is 504 g/mol. The topological polar surface area (TPSA) is 53.5 Å². The third kappa shape index (κ3) is 3.68. The molecule has 8 aromatic rings. The second kappa shape index (κ2) is 9.03. The van der Waals surface area contributed by atoms with Crippen LogP contribution in [0.4, 0.5) is 0 Å². The molecule has 0 aliphatic rings. The van der Waals surface area contributed by atoms with Crippen molar-refractivity contribution in [1.29, 1.82) is 0 Å². The van der Waals surface area contributed by atoms with Crippen LogP contribution in [0.25, 0.3) is 72.6 Å². The number of benzene rings is 4. The van der Waals surface area contributed by atoms with Crippen molar-refractivity contribution in [2.24, 2.45) is 14.1 Å². The Morgan fingerprint density at radius 2 is 1.39 bits per heavy atom. The van der Waals surface area contributed by atoms with E-state index < -0.39 is 0 Å². The number of para-hydroxylation sites is 1. The van der Waals surface area contributed by atoms with E-state index in [-0.39, 0.29) is 0 Å². The monoisotopic (exact) mass is 530 g/mol. The van der Waals surface area contributed by atoms with E-state index in [1.807, 2.05) is 48.4 Å². The van der Waals surface area contributed by atoms with Crippen LogP contribution in [0.1, 0.15) is 0 Å². The summed E-state index contributed by atoms with van der Waals surface area (Å²) in [7, 11) is 4.10. The van der Waals surface area contributed by atoms with Crippen LogP contribution in [0.3, 0.4) is 0 Å². The number of nitrogens with zero attached hydrogens (tertiary/aromatic N) is 6. The van der Waals surface area contributed by atoms with E-state index >= 15 is 0 Å². The summed E-state index contributed by atoms with van der Waals surface area (Å²) >= 11 is 0. The van der Waals surface area contributed by atoms with Crippen LogP contribution in [-0.4, -0.2) is 28.7 Å². The van der Waals surface area contributed by atoms with E-state index in [4.69, 9.17) is 4.98 Å². The minimum Gasteiger partial charge on any atom is -0.334 e. The van der Waals surface area contributed by atoms with Crippen LogP contribution in [0.5, 0.6) is 0 Å². The second-order valence-corrected chi connectivity index (χ2v) is 10.4. The van der Waals surface area contributed by atoms with Crippen molar-refractivity contribution in [2.75, 3.05) is 0 Å². The van der Waals surface area contributed by atoms with Crippen molar-refractivity contribution < 1.29 is 0 Å². The molecule has 0 aliphatic carbocycles. The Labute approximate surface area is 236 Å². The zero-order valence-corrected chi connectivity index (χ0v) is 22.7. The minimum absolute atomic E-state index is 0.929. The molecule has 0 aliphatic heterocycles. The normalized spacial score (nSPS) is 11.7. The number of imidazole rings is 2. The van der Waals surface area contributed by atoms with Gasteiger partial charge in [-0.3, -0.25) is 4.98 Å². The molecular formula is C35H26N6. The van der Waals surface area contributed by atoms with Gasteiger partial charge in [-0.2, -0.15) is 0 Å². The lowest BCUT2D eigenvalue weighted by Gasteiger charge is -2.11. The van der Waals surface area contributed by atoms with Crippen molar-refractivity contribution in [3.05, 3.63) is 122 Å². The number of hydrogen-bond donors (Lipinski definition) is 0. The highest BCUT2D eigenvalue weighted by Gasteiger charge is 2.17. The zero-order chi connectivity index (χ0) is 27.5. The average molecular weight is 531 g/mol. The number of fused-ring (bicyclic) bond motifs is 4. The fourth-order valence-electron chi connectivity index (χ4n) is 5.97. The maximum atomic E-state index is 5.11. The van der Waals surface area contributed by atoms with Crippen molar-refractivity contribution in [3.63, 3.8) is 0 Å². The smallest absolute Gasteiger partial charge is 0.140 e. The van der Waals surface area contributed by atoms with E-state index in [1.54, 1.807) is 0 Å². The molecule has 196 valence electrons. The molecule has 0 bridgehead atoms. The predicted molar refractivity (Wildman–Crippen MR) is 166 cm³/mol. The average Bonchev–Trinajstić information content (AvgIpc) is 3.70. The van der Waals surface area contributed by atoms with Crippen LogP contribution in [0, 0.1) is 0 Å². The molecule has 0 unspecified atom stereocenters. The first-order valence-electron chi connectivity index (χ1n) is 13.7. The largest absolute Gasteiger partial charge is 0.334 e. The maximum absolute atomic E-state index is 5.11. The van der Waals surface area contributed by atoms with Gasteiger partial charge in [-0.25, -0.2) is 9.97 Å². The standard InChI is InChI=1S/C35H26N6/c1-39-19-18-37-34(39)24-14-16-32-30(21-24)38-35(40(32)2)25-13-15-28-27-10-3-4-12-31(27)41(33(28)22-25)26-9-7-8-23(20-26)29-11-5-6-17-36-29/h3-22H,1-2H3. The number of hydrogen-bond acceptors (Lipinski definition) is 3. The van der Waals surface area contributed by atoms with Crippen LogP contribution in [0.15, 0.2) is 122 Å². The van der Waals surface area contributed by atoms with Crippen molar-refractivity contribution >= 4 is 32.8 Å². The summed E-state index contributed by atoms with van der Waals surface area (Å²) in [6.07, 6.45) is 5.62. The molecule has 6 nitrogen and oxygen atoms in total. The fourth-order valence-corrected chi connectivity index (χ4v) is 5.97. The Hall–Kier alpha value is -5.49. The number of pyridine rings is 1. The van der Waals surface area contributed by atoms with Crippen molar-refractivity contribution in [3.8, 4) is 39.7 Å². The molecule has 0 saturated heterocycles. The lowest BCUT2D eigenvalue weighted by atomic mass is 10.1. The lowest BCUT2D eigenvalue weighted by Crippen LogP contribution is -1.96. The summed E-state index contributed by atoms with van der Waals surface area (Å²) < 4.78 is 6.55. The Bertz CT molecular complexity index is 2230. The first-order valence-corrected chi connectivity index (χ1v) is 13.7. The molecule has 0 saturated carbocycles. The van der Waals surface area contributed by atoms with E-state index in [1.165, 1.54) is 16.3 Å². The molecule has 8 rings (SSSR count). The van der Waals surface area contributed by atoms with E-state index in [9.17, 15) is 0 Å². The predicted octanol–water partition coefficient (Wildman–Crippen LogP) is 7.80. The van der Waals surface area contributed by atoms with Gasteiger partial charge < -0.3 is 13.7 Å². The van der Waals surface area contributed by atoms with E-state index in [0.29, 0.717) is 0 Å². The second-order valence-electron chi connectivity index (χ2n) is 10.4. The summed E-state index contributed by atoms with van der Waals surface area (Å²) in [5, 5.41) is 2.44. The molecule has 0 fully saturated rings. The quantitative estimate of drug-likeness (QED) is 0.233. The molecule has 41 heavy (non-hydrogen) atoms. The van der Waals surface area contributed by atoms with Gasteiger partial charge in [-0.05, 0) is 54.6 Å².